The topological polar surface area (TPSA) is 94.2 Å². The van der Waals surface area contributed by atoms with Gasteiger partial charge in [0, 0.05) is 12.2 Å². The standard InChI is InChI=1S/C19H26N2O6/c1-18(2,3)27-17(24)21-12-6-11-19(21,4)15(22)26-16(23)20-13-7-9-14(25-5)10-8-13/h7-10H,6,11-12H2,1-5H3,(H,20,23). The number of nitrogens with one attached hydrogen (secondary N) is 1. The van der Waals surface area contributed by atoms with Gasteiger partial charge in [-0.05, 0) is 64.8 Å². The predicted octanol–water partition coefficient (Wildman–Crippen LogP) is 3.56. The van der Waals surface area contributed by atoms with Crippen molar-refractivity contribution in [3.8, 4) is 5.75 Å². The summed E-state index contributed by atoms with van der Waals surface area (Å²) in [4.78, 5) is 38.4. The van der Waals surface area contributed by atoms with Crippen LogP contribution < -0.4 is 10.1 Å². The van der Waals surface area contributed by atoms with Crippen molar-refractivity contribution in [1.82, 2.24) is 4.90 Å². The smallest absolute Gasteiger partial charge is 0.419 e. The van der Waals surface area contributed by atoms with E-state index < -0.39 is 29.3 Å². The van der Waals surface area contributed by atoms with E-state index in [0.717, 1.165) is 0 Å². The lowest BCUT2D eigenvalue weighted by atomic mass is 9.99. The zero-order valence-corrected chi connectivity index (χ0v) is 16.3. The van der Waals surface area contributed by atoms with Gasteiger partial charge in [0.2, 0.25) is 0 Å². The highest BCUT2D eigenvalue weighted by molar-refractivity contribution is 5.97. The molecule has 27 heavy (non-hydrogen) atoms. The largest absolute Gasteiger partial charge is 0.497 e. The molecular weight excluding hydrogens is 352 g/mol. The Kier molecular flexibility index (Phi) is 5.98. The van der Waals surface area contributed by atoms with Crippen LogP contribution in [0.4, 0.5) is 15.3 Å². The third kappa shape index (κ3) is 5.12. The molecule has 0 bridgehead atoms. The van der Waals surface area contributed by atoms with Gasteiger partial charge in [-0.1, -0.05) is 0 Å². The maximum atomic E-state index is 12.6. The zero-order valence-electron chi connectivity index (χ0n) is 16.3. The highest BCUT2D eigenvalue weighted by Crippen LogP contribution is 2.32. The molecule has 2 amide bonds. The van der Waals surface area contributed by atoms with E-state index in [1.54, 1.807) is 52.0 Å². The van der Waals surface area contributed by atoms with Gasteiger partial charge in [0.15, 0.2) is 0 Å². The number of nitrogens with zero attached hydrogens (tertiary/aromatic N) is 1. The third-order valence-corrected chi connectivity index (χ3v) is 4.22. The van der Waals surface area contributed by atoms with Crippen molar-refractivity contribution >= 4 is 23.8 Å². The van der Waals surface area contributed by atoms with Gasteiger partial charge in [-0.2, -0.15) is 0 Å². The maximum absolute atomic E-state index is 12.6. The number of hydrogen-bond acceptors (Lipinski definition) is 6. The molecule has 1 fully saturated rings. The molecule has 0 aliphatic carbocycles. The highest BCUT2D eigenvalue weighted by Gasteiger charge is 2.49. The highest BCUT2D eigenvalue weighted by atomic mass is 16.6. The molecule has 0 radical (unpaired) electrons. The second-order valence-corrected chi connectivity index (χ2v) is 7.54. The van der Waals surface area contributed by atoms with Crippen LogP contribution in [0.2, 0.25) is 0 Å². The maximum Gasteiger partial charge on any atom is 0.419 e. The Hall–Kier alpha value is -2.77. The molecular formula is C19H26N2O6. The molecule has 0 aromatic heterocycles. The van der Waals surface area contributed by atoms with E-state index in [1.807, 2.05) is 0 Å². The van der Waals surface area contributed by atoms with E-state index in [0.29, 0.717) is 30.8 Å². The Morgan fingerprint density at radius 1 is 1.15 bits per heavy atom. The van der Waals surface area contributed by atoms with E-state index in [-0.39, 0.29) is 0 Å². The molecule has 1 saturated heterocycles. The Morgan fingerprint density at radius 3 is 2.33 bits per heavy atom. The summed E-state index contributed by atoms with van der Waals surface area (Å²) < 4.78 is 15.3. The number of carbonyl (C=O) groups excluding carboxylic acids is 3. The molecule has 1 heterocycles. The number of benzene rings is 1. The van der Waals surface area contributed by atoms with Gasteiger partial charge in [-0.25, -0.2) is 14.4 Å². The van der Waals surface area contributed by atoms with Crippen LogP contribution in [0.1, 0.15) is 40.5 Å². The summed E-state index contributed by atoms with van der Waals surface area (Å²) in [5.74, 6) is -0.159. The van der Waals surface area contributed by atoms with Gasteiger partial charge in [-0.3, -0.25) is 10.2 Å². The molecule has 1 aromatic rings. The monoisotopic (exact) mass is 378 g/mol. The van der Waals surface area contributed by atoms with Crippen molar-refractivity contribution in [2.45, 2.75) is 51.7 Å². The summed E-state index contributed by atoms with van der Waals surface area (Å²) >= 11 is 0. The molecule has 1 N–H and O–H groups in total. The Bertz CT molecular complexity index is 710. The molecule has 8 nitrogen and oxygen atoms in total. The Morgan fingerprint density at radius 2 is 1.78 bits per heavy atom. The molecule has 1 atom stereocenters. The number of hydrogen-bond donors (Lipinski definition) is 1. The molecule has 1 unspecified atom stereocenters. The number of amides is 2. The van der Waals surface area contributed by atoms with Gasteiger partial charge in [0.1, 0.15) is 16.9 Å². The van der Waals surface area contributed by atoms with Crippen molar-refractivity contribution in [2.24, 2.45) is 0 Å². The van der Waals surface area contributed by atoms with E-state index in [9.17, 15) is 14.4 Å². The Labute approximate surface area is 158 Å². The van der Waals surface area contributed by atoms with Crippen molar-refractivity contribution in [2.75, 3.05) is 19.0 Å². The summed E-state index contributed by atoms with van der Waals surface area (Å²) in [6, 6.07) is 6.57. The number of ether oxygens (including phenoxy) is 3. The van der Waals surface area contributed by atoms with Crippen LogP contribution in [0, 0.1) is 0 Å². The molecule has 0 saturated carbocycles. The number of rotatable bonds is 3. The fraction of sp³-hybridized carbons (Fsp3) is 0.526. The minimum Gasteiger partial charge on any atom is -0.497 e. The Balaban J connectivity index is 2.01. The van der Waals surface area contributed by atoms with Crippen molar-refractivity contribution in [3.63, 3.8) is 0 Å². The summed E-state index contributed by atoms with van der Waals surface area (Å²) in [5.41, 5.74) is -1.48. The lowest BCUT2D eigenvalue weighted by molar-refractivity contribution is -0.148. The molecule has 148 valence electrons. The first-order chi connectivity index (χ1) is 12.5. The molecule has 0 spiro atoms. The van der Waals surface area contributed by atoms with Gasteiger partial charge in [0.25, 0.3) is 0 Å². The van der Waals surface area contributed by atoms with Crippen LogP contribution in [0.25, 0.3) is 0 Å². The average Bonchev–Trinajstić information content (AvgIpc) is 2.97. The van der Waals surface area contributed by atoms with Crippen molar-refractivity contribution in [3.05, 3.63) is 24.3 Å². The number of carbonyl (C=O) groups is 3. The average molecular weight is 378 g/mol. The lowest BCUT2D eigenvalue weighted by Crippen LogP contribution is -2.53. The lowest BCUT2D eigenvalue weighted by Gasteiger charge is -2.33. The van der Waals surface area contributed by atoms with Crippen LogP contribution in [0.15, 0.2) is 24.3 Å². The number of esters is 1. The SMILES string of the molecule is COc1ccc(NC(=O)OC(=O)C2(C)CCCN2C(=O)OC(C)(C)C)cc1. The van der Waals surface area contributed by atoms with Gasteiger partial charge >= 0.3 is 18.2 Å². The van der Waals surface area contributed by atoms with E-state index in [1.165, 1.54) is 12.0 Å². The molecule has 2 rings (SSSR count). The van der Waals surface area contributed by atoms with E-state index >= 15 is 0 Å². The molecule has 1 aliphatic heterocycles. The first-order valence-corrected chi connectivity index (χ1v) is 8.73. The van der Waals surface area contributed by atoms with E-state index in [2.05, 4.69) is 5.32 Å². The fourth-order valence-electron chi connectivity index (χ4n) is 2.80. The normalized spacial score (nSPS) is 19.4. The zero-order chi connectivity index (χ0) is 20.2. The molecule has 8 heteroatoms. The third-order valence-electron chi connectivity index (χ3n) is 4.22. The van der Waals surface area contributed by atoms with Crippen LogP contribution >= 0.6 is 0 Å². The summed E-state index contributed by atoms with van der Waals surface area (Å²) in [7, 11) is 1.54. The first-order valence-electron chi connectivity index (χ1n) is 8.73. The number of anilines is 1. The summed E-state index contributed by atoms with van der Waals surface area (Å²) in [5, 5.41) is 2.47. The second kappa shape index (κ2) is 7.85. The molecule has 1 aromatic carbocycles. The second-order valence-electron chi connectivity index (χ2n) is 7.54. The first kappa shape index (κ1) is 20.5. The number of likely N-dealkylation sites (tertiary alicyclic amines) is 1. The minimum absolute atomic E-state index is 0.362. The van der Waals surface area contributed by atoms with Crippen LogP contribution in [-0.4, -0.2) is 47.9 Å². The quantitative estimate of drug-likeness (QED) is 0.638. The predicted molar refractivity (Wildman–Crippen MR) is 98.7 cm³/mol. The van der Waals surface area contributed by atoms with Crippen LogP contribution in [-0.2, 0) is 14.3 Å². The van der Waals surface area contributed by atoms with E-state index in [4.69, 9.17) is 14.2 Å². The van der Waals surface area contributed by atoms with Gasteiger partial charge in [-0.15, -0.1) is 0 Å². The van der Waals surface area contributed by atoms with Crippen LogP contribution in [0.3, 0.4) is 0 Å². The van der Waals surface area contributed by atoms with Crippen molar-refractivity contribution in [1.29, 1.82) is 0 Å². The van der Waals surface area contributed by atoms with Crippen molar-refractivity contribution < 1.29 is 28.6 Å². The molecule has 1 aliphatic rings. The number of methoxy groups -OCH3 is 1. The van der Waals surface area contributed by atoms with Crippen LogP contribution in [0.5, 0.6) is 5.75 Å². The summed E-state index contributed by atoms with van der Waals surface area (Å²) in [6.07, 6.45) is -0.510. The van der Waals surface area contributed by atoms with Gasteiger partial charge < -0.3 is 14.2 Å². The van der Waals surface area contributed by atoms with Gasteiger partial charge in [0.05, 0.1) is 7.11 Å². The minimum atomic E-state index is -1.25. The fourth-order valence-corrected chi connectivity index (χ4v) is 2.80. The summed E-state index contributed by atoms with van der Waals surface area (Å²) in [6.45, 7) is 7.18.